The lowest BCUT2D eigenvalue weighted by molar-refractivity contribution is -0.124. The van der Waals surface area contributed by atoms with Crippen LogP contribution in [0.25, 0.3) is 0 Å². The Kier molecular flexibility index (Phi) is 7.34. The number of amides is 1. The first-order valence-corrected chi connectivity index (χ1v) is 7.35. The number of unbranched alkanes of at least 4 members (excludes halogenated alkanes) is 1. The van der Waals surface area contributed by atoms with Crippen molar-refractivity contribution < 1.29 is 14.3 Å². The Hall–Kier alpha value is -0.650. The van der Waals surface area contributed by atoms with Gasteiger partial charge in [-0.05, 0) is 31.6 Å². The molecule has 1 rings (SSSR count). The minimum absolute atomic E-state index is 0.158. The Balaban J connectivity index is 2.07. The van der Waals surface area contributed by atoms with Crippen LogP contribution >= 0.6 is 0 Å². The molecule has 1 fully saturated rings. The molecule has 0 aromatic carbocycles. The first kappa shape index (κ1) is 16.4. The number of primary amides is 1. The third kappa shape index (κ3) is 5.09. The molecule has 1 aliphatic rings. The fourth-order valence-electron chi connectivity index (χ4n) is 2.62. The van der Waals surface area contributed by atoms with Crippen molar-refractivity contribution in [1.82, 2.24) is 0 Å². The summed E-state index contributed by atoms with van der Waals surface area (Å²) in [6.45, 7) is 4.79. The minimum atomic E-state index is -0.818. The van der Waals surface area contributed by atoms with Crippen LogP contribution in [0.3, 0.4) is 0 Å². The molecule has 4 N–H and O–H groups in total. The summed E-state index contributed by atoms with van der Waals surface area (Å²) in [4.78, 5) is 11.4. The molecule has 0 saturated heterocycles. The van der Waals surface area contributed by atoms with E-state index in [2.05, 4.69) is 6.92 Å². The zero-order valence-electron chi connectivity index (χ0n) is 12.0. The van der Waals surface area contributed by atoms with Crippen LogP contribution in [0.5, 0.6) is 0 Å². The SMILES string of the molecule is CCCCOCCOCCC1CCCC1(N)C(N)=O. The predicted octanol–water partition coefficient (Wildman–Crippen LogP) is 1.19. The van der Waals surface area contributed by atoms with Crippen molar-refractivity contribution in [2.24, 2.45) is 17.4 Å². The average Bonchev–Trinajstić information content (AvgIpc) is 2.76. The van der Waals surface area contributed by atoms with Crippen LogP contribution in [-0.4, -0.2) is 37.9 Å². The number of ether oxygens (including phenoxy) is 2. The smallest absolute Gasteiger partial charge is 0.237 e. The molecule has 0 aromatic rings. The van der Waals surface area contributed by atoms with Gasteiger partial charge in [-0.2, -0.15) is 0 Å². The van der Waals surface area contributed by atoms with Crippen molar-refractivity contribution in [3.63, 3.8) is 0 Å². The lowest BCUT2D eigenvalue weighted by Gasteiger charge is -2.27. The summed E-state index contributed by atoms with van der Waals surface area (Å²) in [5.74, 6) is -0.219. The van der Waals surface area contributed by atoms with Crippen LogP contribution in [0.2, 0.25) is 0 Å². The summed E-state index contributed by atoms with van der Waals surface area (Å²) in [6, 6.07) is 0. The van der Waals surface area contributed by atoms with E-state index in [1.54, 1.807) is 0 Å². The Labute approximate surface area is 116 Å². The maximum atomic E-state index is 11.4. The van der Waals surface area contributed by atoms with Gasteiger partial charge >= 0.3 is 0 Å². The maximum Gasteiger partial charge on any atom is 0.237 e. The molecule has 0 radical (unpaired) electrons. The Morgan fingerprint density at radius 1 is 1.26 bits per heavy atom. The number of carbonyl (C=O) groups is 1. The molecule has 0 spiro atoms. The van der Waals surface area contributed by atoms with Gasteiger partial charge in [0.25, 0.3) is 0 Å². The molecule has 1 aliphatic carbocycles. The molecular weight excluding hydrogens is 244 g/mol. The van der Waals surface area contributed by atoms with Crippen LogP contribution in [0.4, 0.5) is 0 Å². The summed E-state index contributed by atoms with van der Waals surface area (Å²) in [6.07, 6.45) is 5.69. The van der Waals surface area contributed by atoms with Crippen LogP contribution in [0.15, 0.2) is 0 Å². The molecule has 2 atom stereocenters. The number of rotatable bonds is 10. The fourth-order valence-corrected chi connectivity index (χ4v) is 2.62. The van der Waals surface area contributed by atoms with Crippen LogP contribution in [0, 0.1) is 5.92 Å². The number of carbonyl (C=O) groups excluding carboxylic acids is 1. The highest BCUT2D eigenvalue weighted by Gasteiger charge is 2.43. The summed E-state index contributed by atoms with van der Waals surface area (Å²) in [5.41, 5.74) is 10.7. The lowest BCUT2D eigenvalue weighted by Crippen LogP contribution is -2.54. The van der Waals surface area contributed by atoms with Crippen molar-refractivity contribution in [1.29, 1.82) is 0 Å². The van der Waals surface area contributed by atoms with Gasteiger partial charge in [-0.1, -0.05) is 19.8 Å². The molecule has 112 valence electrons. The zero-order valence-corrected chi connectivity index (χ0v) is 12.0. The van der Waals surface area contributed by atoms with Gasteiger partial charge in [0, 0.05) is 13.2 Å². The summed E-state index contributed by atoms with van der Waals surface area (Å²) >= 11 is 0. The number of nitrogens with two attached hydrogens (primary N) is 2. The molecule has 0 aliphatic heterocycles. The van der Waals surface area contributed by atoms with Crippen LogP contribution in [0.1, 0.15) is 45.4 Å². The summed E-state index contributed by atoms with van der Waals surface area (Å²) in [5, 5.41) is 0. The van der Waals surface area contributed by atoms with Gasteiger partial charge in [-0.15, -0.1) is 0 Å². The highest BCUT2D eigenvalue weighted by Crippen LogP contribution is 2.35. The van der Waals surface area contributed by atoms with Crippen LogP contribution < -0.4 is 11.5 Å². The van der Waals surface area contributed by atoms with E-state index in [-0.39, 0.29) is 11.8 Å². The van der Waals surface area contributed by atoms with Crippen molar-refractivity contribution in [3.8, 4) is 0 Å². The third-order valence-electron chi connectivity index (χ3n) is 3.96. The standard InChI is InChI=1S/C14H28N2O3/c1-2-3-8-18-10-11-19-9-6-12-5-4-7-14(12,16)13(15)17/h12H,2-11,16H2,1H3,(H2,15,17). The first-order valence-electron chi connectivity index (χ1n) is 7.35. The van der Waals surface area contributed by atoms with Crippen molar-refractivity contribution >= 4 is 5.91 Å². The largest absolute Gasteiger partial charge is 0.379 e. The molecule has 2 unspecified atom stereocenters. The second kappa shape index (κ2) is 8.51. The Morgan fingerprint density at radius 2 is 1.95 bits per heavy atom. The van der Waals surface area contributed by atoms with E-state index in [9.17, 15) is 4.79 Å². The number of hydrogen-bond acceptors (Lipinski definition) is 4. The van der Waals surface area contributed by atoms with Crippen molar-refractivity contribution in [3.05, 3.63) is 0 Å². The number of hydrogen-bond donors (Lipinski definition) is 2. The monoisotopic (exact) mass is 272 g/mol. The molecular formula is C14H28N2O3. The molecule has 0 bridgehead atoms. The van der Waals surface area contributed by atoms with E-state index in [1.165, 1.54) is 0 Å². The quantitative estimate of drug-likeness (QED) is 0.585. The van der Waals surface area contributed by atoms with E-state index < -0.39 is 5.54 Å². The summed E-state index contributed by atoms with van der Waals surface area (Å²) < 4.78 is 10.9. The minimum Gasteiger partial charge on any atom is -0.379 e. The maximum absolute atomic E-state index is 11.4. The highest BCUT2D eigenvalue weighted by molar-refractivity contribution is 5.85. The average molecular weight is 272 g/mol. The molecule has 1 amide bonds. The van der Waals surface area contributed by atoms with E-state index >= 15 is 0 Å². The van der Waals surface area contributed by atoms with Crippen LogP contribution in [-0.2, 0) is 14.3 Å². The lowest BCUT2D eigenvalue weighted by atomic mass is 9.85. The second-order valence-electron chi connectivity index (χ2n) is 5.36. The van der Waals surface area contributed by atoms with E-state index in [0.717, 1.165) is 38.7 Å². The van der Waals surface area contributed by atoms with Crippen molar-refractivity contribution in [2.45, 2.75) is 51.0 Å². The molecule has 0 aromatic heterocycles. The molecule has 5 heteroatoms. The van der Waals surface area contributed by atoms with Gasteiger partial charge < -0.3 is 20.9 Å². The second-order valence-corrected chi connectivity index (χ2v) is 5.36. The predicted molar refractivity (Wildman–Crippen MR) is 74.6 cm³/mol. The Bertz CT molecular complexity index is 273. The molecule has 0 heterocycles. The van der Waals surface area contributed by atoms with Crippen molar-refractivity contribution in [2.75, 3.05) is 26.4 Å². The third-order valence-corrected chi connectivity index (χ3v) is 3.96. The highest BCUT2D eigenvalue weighted by atomic mass is 16.5. The zero-order chi connectivity index (χ0) is 14.1. The fraction of sp³-hybridized carbons (Fsp3) is 0.929. The van der Waals surface area contributed by atoms with E-state index in [0.29, 0.717) is 26.2 Å². The molecule has 5 nitrogen and oxygen atoms in total. The van der Waals surface area contributed by atoms with Gasteiger partial charge in [-0.3, -0.25) is 4.79 Å². The van der Waals surface area contributed by atoms with Gasteiger partial charge in [0.15, 0.2) is 0 Å². The van der Waals surface area contributed by atoms with Gasteiger partial charge in [0.2, 0.25) is 5.91 Å². The first-order chi connectivity index (χ1) is 9.11. The Morgan fingerprint density at radius 3 is 2.58 bits per heavy atom. The summed E-state index contributed by atoms with van der Waals surface area (Å²) in [7, 11) is 0. The molecule has 1 saturated carbocycles. The van der Waals surface area contributed by atoms with E-state index in [4.69, 9.17) is 20.9 Å². The van der Waals surface area contributed by atoms with E-state index in [1.807, 2.05) is 0 Å². The van der Waals surface area contributed by atoms with Gasteiger partial charge in [0.05, 0.1) is 18.8 Å². The van der Waals surface area contributed by atoms with Gasteiger partial charge in [0.1, 0.15) is 0 Å². The normalized spacial score (nSPS) is 26.7. The van der Waals surface area contributed by atoms with Gasteiger partial charge in [-0.25, -0.2) is 0 Å². The topological polar surface area (TPSA) is 87.6 Å². The molecule has 19 heavy (non-hydrogen) atoms.